The Morgan fingerprint density at radius 3 is 2.31 bits per heavy atom. The first-order valence-electron chi connectivity index (χ1n) is 5.43. The zero-order valence-electron chi connectivity index (χ0n) is 9.68. The van der Waals surface area contributed by atoms with Crippen LogP contribution in [0.2, 0.25) is 0 Å². The van der Waals surface area contributed by atoms with Crippen molar-refractivity contribution >= 4 is 9.84 Å². The summed E-state index contributed by atoms with van der Waals surface area (Å²) in [4.78, 5) is 0.285. The van der Waals surface area contributed by atoms with Crippen molar-refractivity contribution in [3.05, 3.63) is 29.8 Å². The third-order valence-corrected chi connectivity index (χ3v) is 4.23. The molecule has 16 heavy (non-hydrogen) atoms. The minimum Gasteiger partial charge on any atom is -0.392 e. The molecule has 0 aliphatic heterocycles. The lowest BCUT2D eigenvalue weighted by Crippen LogP contribution is -2.20. The van der Waals surface area contributed by atoms with Gasteiger partial charge in [-0.05, 0) is 25.5 Å². The highest BCUT2D eigenvalue weighted by atomic mass is 32.2. The number of aliphatic hydroxyl groups excluding tert-OH is 1. The summed E-state index contributed by atoms with van der Waals surface area (Å²) >= 11 is 0. The Bertz CT molecular complexity index is 420. The molecule has 0 radical (unpaired) electrons. The Hall–Kier alpha value is -0.870. The monoisotopic (exact) mass is 242 g/mol. The number of benzene rings is 1. The third kappa shape index (κ3) is 3.61. The molecular weight excluding hydrogens is 224 g/mol. The Morgan fingerprint density at radius 1 is 1.25 bits per heavy atom. The number of aliphatic hydroxyl groups is 1. The highest BCUT2D eigenvalue weighted by Crippen LogP contribution is 2.14. The first-order chi connectivity index (χ1) is 7.45. The van der Waals surface area contributed by atoms with Crippen molar-refractivity contribution in [2.75, 3.05) is 5.75 Å². The molecule has 1 aromatic carbocycles. The van der Waals surface area contributed by atoms with Gasteiger partial charge in [-0.15, -0.1) is 0 Å². The molecule has 0 fully saturated rings. The van der Waals surface area contributed by atoms with Crippen LogP contribution in [0.15, 0.2) is 29.2 Å². The van der Waals surface area contributed by atoms with Gasteiger partial charge in [-0.3, -0.25) is 0 Å². The quantitative estimate of drug-likeness (QED) is 0.858. The van der Waals surface area contributed by atoms with Crippen molar-refractivity contribution in [1.29, 1.82) is 0 Å². The van der Waals surface area contributed by atoms with Gasteiger partial charge in [0.1, 0.15) is 0 Å². The van der Waals surface area contributed by atoms with Gasteiger partial charge in [0.2, 0.25) is 0 Å². The van der Waals surface area contributed by atoms with E-state index in [2.05, 4.69) is 0 Å². The minimum atomic E-state index is -3.35. The first kappa shape index (κ1) is 13.2. The van der Waals surface area contributed by atoms with E-state index in [4.69, 9.17) is 0 Å². The maximum Gasteiger partial charge on any atom is 0.180 e. The molecule has 0 bridgehead atoms. The van der Waals surface area contributed by atoms with Crippen LogP contribution >= 0.6 is 0 Å². The molecular formula is C12H18O3S. The van der Waals surface area contributed by atoms with Crippen LogP contribution in [0.1, 0.15) is 25.3 Å². The van der Waals surface area contributed by atoms with Gasteiger partial charge >= 0.3 is 0 Å². The van der Waals surface area contributed by atoms with E-state index >= 15 is 0 Å². The van der Waals surface area contributed by atoms with E-state index in [-0.39, 0.29) is 10.6 Å². The zero-order valence-corrected chi connectivity index (χ0v) is 10.5. The fourth-order valence-corrected chi connectivity index (χ4v) is 2.93. The number of sulfone groups is 1. The SMILES string of the molecule is CCCC(O)CS(=O)(=O)c1ccc(C)cc1. The van der Waals surface area contributed by atoms with Crippen LogP contribution in [0.5, 0.6) is 0 Å². The van der Waals surface area contributed by atoms with Gasteiger partial charge in [-0.1, -0.05) is 31.0 Å². The molecule has 1 rings (SSSR count). The summed E-state index contributed by atoms with van der Waals surface area (Å²) in [7, 11) is -3.35. The van der Waals surface area contributed by atoms with E-state index in [1.165, 1.54) is 0 Å². The number of rotatable bonds is 5. The second-order valence-corrected chi connectivity index (χ2v) is 6.07. The van der Waals surface area contributed by atoms with Gasteiger partial charge in [0.15, 0.2) is 9.84 Å². The second-order valence-electron chi connectivity index (χ2n) is 4.04. The van der Waals surface area contributed by atoms with Gasteiger partial charge in [0.25, 0.3) is 0 Å². The Morgan fingerprint density at radius 2 is 1.81 bits per heavy atom. The molecule has 0 saturated carbocycles. The summed E-state index contributed by atoms with van der Waals surface area (Å²) in [6.07, 6.45) is 0.534. The Labute approximate surface area is 97.0 Å². The molecule has 0 aliphatic rings. The third-order valence-electron chi connectivity index (χ3n) is 2.41. The smallest absolute Gasteiger partial charge is 0.180 e. The topological polar surface area (TPSA) is 54.4 Å². The van der Waals surface area contributed by atoms with Gasteiger partial charge in [0.05, 0.1) is 16.8 Å². The van der Waals surface area contributed by atoms with Crippen molar-refractivity contribution < 1.29 is 13.5 Å². The number of aryl methyl sites for hydroxylation is 1. The van der Waals surface area contributed by atoms with Crippen LogP contribution < -0.4 is 0 Å². The van der Waals surface area contributed by atoms with E-state index in [9.17, 15) is 13.5 Å². The maximum atomic E-state index is 11.9. The van der Waals surface area contributed by atoms with Gasteiger partial charge < -0.3 is 5.11 Å². The number of hydrogen-bond donors (Lipinski definition) is 1. The summed E-state index contributed by atoms with van der Waals surface area (Å²) in [6, 6.07) is 6.70. The van der Waals surface area contributed by atoms with Crippen molar-refractivity contribution in [3.8, 4) is 0 Å². The van der Waals surface area contributed by atoms with Gasteiger partial charge in [0, 0.05) is 0 Å². The predicted molar refractivity (Wildman–Crippen MR) is 64.1 cm³/mol. The Kier molecular flexibility index (Phi) is 4.50. The molecule has 1 aromatic rings. The fourth-order valence-electron chi connectivity index (χ4n) is 1.51. The summed E-state index contributed by atoms with van der Waals surface area (Å²) in [5.74, 6) is -0.191. The molecule has 0 spiro atoms. The molecule has 0 aromatic heterocycles. The normalized spacial score (nSPS) is 13.7. The van der Waals surface area contributed by atoms with Crippen molar-refractivity contribution in [3.63, 3.8) is 0 Å². The lowest BCUT2D eigenvalue weighted by atomic mass is 10.2. The highest BCUT2D eigenvalue weighted by Gasteiger charge is 2.18. The molecule has 3 nitrogen and oxygen atoms in total. The number of hydrogen-bond acceptors (Lipinski definition) is 3. The summed E-state index contributed by atoms with van der Waals surface area (Å²) in [6.45, 7) is 3.82. The highest BCUT2D eigenvalue weighted by molar-refractivity contribution is 7.91. The van der Waals surface area contributed by atoms with E-state index < -0.39 is 15.9 Å². The van der Waals surface area contributed by atoms with Crippen LogP contribution in [-0.4, -0.2) is 25.4 Å². The molecule has 0 heterocycles. The summed E-state index contributed by atoms with van der Waals surface area (Å²) in [5.41, 5.74) is 1.02. The second kappa shape index (κ2) is 5.46. The standard InChI is InChI=1S/C12H18O3S/c1-3-4-11(13)9-16(14,15)12-7-5-10(2)6-8-12/h5-8,11,13H,3-4,9H2,1-2H3. The zero-order chi connectivity index (χ0) is 12.2. The fraction of sp³-hybridized carbons (Fsp3) is 0.500. The van der Waals surface area contributed by atoms with Crippen molar-refractivity contribution in [1.82, 2.24) is 0 Å². The first-order valence-corrected chi connectivity index (χ1v) is 7.08. The molecule has 1 unspecified atom stereocenters. The average Bonchev–Trinajstić information content (AvgIpc) is 2.17. The van der Waals surface area contributed by atoms with E-state index in [0.29, 0.717) is 6.42 Å². The molecule has 90 valence electrons. The van der Waals surface area contributed by atoms with Gasteiger partial charge in [-0.25, -0.2) is 8.42 Å². The van der Waals surface area contributed by atoms with Crippen molar-refractivity contribution in [2.24, 2.45) is 0 Å². The molecule has 1 atom stereocenters. The average molecular weight is 242 g/mol. The van der Waals surface area contributed by atoms with Crippen molar-refractivity contribution in [2.45, 2.75) is 37.7 Å². The van der Waals surface area contributed by atoms with Gasteiger partial charge in [-0.2, -0.15) is 0 Å². The molecule has 1 N–H and O–H groups in total. The molecule has 0 saturated heterocycles. The summed E-state index contributed by atoms with van der Waals surface area (Å²) < 4.78 is 23.7. The van der Waals surface area contributed by atoms with Crippen LogP contribution in [-0.2, 0) is 9.84 Å². The largest absolute Gasteiger partial charge is 0.392 e. The van der Waals surface area contributed by atoms with Crippen LogP contribution in [0, 0.1) is 6.92 Å². The molecule has 0 amide bonds. The Balaban J connectivity index is 2.82. The van der Waals surface area contributed by atoms with Crippen LogP contribution in [0.3, 0.4) is 0 Å². The van der Waals surface area contributed by atoms with Crippen LogP contribution in [0.4, 0.5) is 0 Å². The van der Waals surface area contributed by atoms with E-state index in [1.54, 1.807) is 24.3 Å². The maximum absolute atomic E-state index is 11.9. The summed E-state index contributed by atoms with van der Waals surface area (Å²) in [5, 5.41) is 9.52. The van der Waals surface area contributed by atoms with E-state index in [0.717, 1.165) is 12.0 Å². The lowest BCUT2D eigenvalue weighted by molar-refractivity contribution is 0.186. The minimum absolute atomic E-state index is 0.191. The van der Waals surface area contributed by atoms with E-state index in [1.807, 2.05) is 13.8 Å². The molecule has 4 heteroatoms. The molecule has 0 aliphatic carbocycles. The van der Waals surface area contributed by atoms with Crippen LogP contribution in [0.25, 0.3) is 0 Å². The predicted octanol–water partition coefficient (Wildman–Crippen LogP) is 1.93. The lowest BCUT2D eigenvalue weighted by Gasteiger charge is -2.10.